The van der Waals surface area contributed by atoms with Crippen LogP contribution in [0.5, 0.6) is 0 Å². The van der Waals surface area contributed by atoms with Crippen molar-refractivity contribution in [1.82, 2.24) is 0 Å². The standard InChI is InChI=1S/C3H8O3/c4-1-3(6)2-5/h3-6H,1-2H2/i1D2,2+1D,3D/t2-,3+/m1/s1. The second-order valence-corrected chi connectivity index (χ2v) is 0.626. The molecule has 0 radical (unpaired) electrons. The van der Waals surface area contributed by atoms with Gasteiger partial charge in [-0.3, -0.25) is 0 Å². The lowest BCUT2D eigenvalue weighted by Gasteiger charge is -1.96. The third kappa shape index (κ3) is 2.14. The fourth-order valence-electron chi connectivity index (χ4n) is 0.0289. The van der Waals surface area contributed by atoms with Crippen LogP contribution >= 0.6 is 0 Å². The molecule has 2 atom stereocenters. The third-order valence-corrected chi connectivity index (χ3v) is 0.237. The monoisotopic (exact) mass is 97.1 g/mol. The number of hydrogen-bond acceptors (Lipinski definition) is 3. The maximum Gasteiger partial charge on any atom is 0.100 e. The van der Waals surface area contributed by atoms with Crippen molar-refractivity contribution < 1.29 is 20.8 Å². The largest absolute Gasteiger partial charge is 0.394 e. The molecular formula is C3H8O3. The highest BCUT2D eigenvalue weighted by atomic mass is 16.4. The van der Waals surface area contributed by atoms with Gasteiger partial charge in [-0.05, 0) is 0 Å². The van der Waals surface area contributed by atoms with E-state index in [4.69, 9.17) is 20.8 Å². The third-order valence-electron chi connectivity index (χ3n) is 0.237. The Morgan fingerprint density at radius 2 is 2.33 bits per heavy atom. The zero-order valence-electron chi connectivity index (χ0n) is 6.92. The van der Waals surface area contributed by atoms with Crippen LogP contribution in [0.3, 0.4) is 0 Å². The topological polar surface area (TPSA) is 60.7 Å². The predicted octanol–water partition coefficient (Wildman–Crippen LogP) is -1.67. The molecule has 0 aliphatic rings. The molecule has 0 aliphatic carbocycles. The van der Waals surface area contributed by atoms with Crippen LogP contribution in [0.4, 0.5) is 0 Å². The molecule has 0 rings (SSSR count). The van der Waals surface area contributed by atoms with Gasteiger partial charge in [-0.15, -0.1) is 0 Å². The van der Waals surface area contributed by atoms with E-state index in [2.05, 4.69) is 0 Å². The van der Waals surface area contributed by atoms with Crippen LogP contribution in [-0.2, 0) is 0 Å². The number of aliphatic hydroxyl groups is 3. The van der Waals surface area contributed by atoms with E-state index < -0.39 is 19.2 Å². The SMILES string of the molecule is [2H][13C@@H](O)[C@@]([2H])(O)C([2H])([2H])O. The summed E-state index contributed by atoms with van der Waals surface area (Å²) in [6.07, 6.45) is -3.20. The van der Waals surface area contributed by atoms with E-state index in [0.717, 1.165) is 0 Å². The van der Waals surface area contributed by atoms with Gasteiger partial charge in [0.05, 0.1) is 18.6 Å². The van der Waals surface area contributed by atoms with Crippen molar-refractivity contribution in [1.29, 1.82) is 0 Å². The van der Waals surface area contributed by atoms with Gasteiger partial charge >= 0.3 is 0 Å². The van der Waals surface area contributed by atoms with Crippen molar-refractivity contribution in [3.63, 3.8) is 0 Å². The van der Waals surface area contributed by atoms with Crippen LogP contribution in [0.1, 0.15) is 5.48 Å². The fraction of sp³-hybridized carbons (Fsp3) is 1.00. The Kier molecular flexibility index (Phi) is 0.913. The Balaban J connectivity index is 4.40. The molecule has 3 heteroatoms. The molecule has 0 saturated carbocycles. The summed E-state index contributed by atoms with van der Waals surface area (Å²) >= 11 is 0. The first-order valence-corrected chi connectivity index (χ1v) is 1.24. The zero-order valence-corrected chi connectivity index (χ0v) is 2.92. The number of rotatable bonds is 2. The molecule has 0 fully saturated rings. The second kappa shape index (κ2) is 3.08. The van der Waals surface area contributed by atoms with Crippen molar-refractivity contribution in [3.8, 4) is 0 Å². The molecule has 0 aliphatic heterocycles. The molecule has 0 heterocycles. The average molecular weight is 97.1 g/mol. The molecule has 0 unspecified atom stereocenters. The quantitative estimate of drug-likeness (QED) is 0.361. The molecule has 0 bridgehead atoms. The van der Waals surface area contributed by atoms with Crippen molar-refractivity contribution in [2.75, 3.05) is 13.1 Å². The lowest BCUT2D eigenvalue weighted by atomic mass is 10.6. The number of hydrogen-bond donors (Lipinski definition) is 3. The zero-order chi connectivity index (χ0) is 8.58. The van der Waals surface area contributed by atoms with Crippen LogP contribution in [0.2, 0.25) is 0 Å². The predicted molar refractivity (Wildman–Crippen MR) is 20.2 cm³/mol. The summed E-state index contributed by atoms with van der Waals surface area (Å²) in [5, 5.41) is 25.1. The molecule has 0 aromatic rings. The molecule has 0 aromatic carbocycles. The second-order valence-electron chi connectivity index (χ2n) is 0.626. The Labute approximate surface area is 41.5 Å². The van der Waals surface area contributed by atoms with E-state index in [9.17, 15) is 0 Å². The van der Waals surface area contributed by atoms with Gasteiger partial charge in [0.2, 0.25) is 0 Å². The van der Waals surface area contributed by atoms with E-state index in [1.165, 1.54) is 0 Å². The summed E-state index contributed by atoms with van der Waals surface area (Å²) in [5.74, 6) is 0. The maximum absolute atomic E-state index is 8.53. The maximum atomic E-state index is 8.53. The highest BCUT2D eigenvalue weighted by Gasteiger charge is 1.93. The molecule has 0 amide bonds. The Morgan fingerprint density at radius 3 is 2.33 bits per heavy atom. The van der Waals surface area contributed by atoms with Crippen LogP contribution in [0.25, 0.3) is 0 Å². The van der Waals surface area contributed by atoms with Gasteiger partial charge in [0, 0.05) is 0 Å². The first kappa shape index (κ1) is 1.78. The van der Waals surface area contributed by atoms with E-state index in [-0.39, 0.29) is 0 Å². The molecule has 0 spiro atoms. The van der Waals surface area contributed by atoms with Gasteiger partial charge in [-0.25, -0.2) is 0 Å². The normalized spacial score (nSPS) is 37.2. The molecule has 6 heavy (non-hydrogen) atoms. The summed E-state index contributed by atoms with van der Waals surface area (Å²) in [7, 11) is 0. The minimum atomic E-state index is -3.30. The van der Waals surface area contributed by atoms with Gasteiger partial charge in [0.15, 0.2) is 0 Å². The van der Waals surface area contributed by atoms with E-state index in [0.29, 0.717) is 0 Å². The van der Waals surface area contributed by atoms with Crippen LogP contribution in [-0.4, -0.2) is 34.5 Å². The minimum Gasteiger partial charge on any atom is -0.394 e. The smallest absolute Gasteiger partial charge is 0.100 e. The van der Waals surface area contributed by atoms with Crippen molar-refractivity contribution in [2.24, 2.45) is 0 Å². The Bertz CT molecular complexity index is 117. The van der Waals surface area contributed by atoms with E-state index in [1.54, 1.807) is 0 Å². The van der Waals surface area contributed by atoms with E-state index in [1.807, 2.05) is 0 Å². The molecule has 3 N–H and O–H groups in total. The van der Waals surface area contributed by atoms with Gasteiger partial charge in [-0.1, -0.05) is 0 Å². The van der Waals surface area contributed by atoms with Crippen molar-refractivity contribution in [3.05, 3.63) is 0 Å². The molecular weight excluding hydrogens is 85.0 g/mol. The average Bonchev–Trinajstić information content (AvgIpc) is 1.62. The Hall–Kier alpha value is -0.120. The lowest BCUT2D eigenvalue weighted by Crippen LogP contribution is -2.15. The summed E-state index contributed by atoms with van der Waals surface area (Å²) in [5.41, 5.74) is 0. The molecule has 38 valence electrons. The van der Waals surface area contributed by atoms with Crippen LogP contribution in [0.15, 0.2) is 0 Å². The van der Waals surface area contributed by atoms with E-state index >= 15 is 0 Å². The minimum absolute atomic E-state index is 2.40. The summed E-state index contributed by atoms with van der Waals surface area (Å²) in [6.45, 7) is -5.69. The molecule has 0 aromatic heterocycles. The number of aliphatic hydroxyl groups excluding tert-OH is 1. The van der Waals surface area contributed by atoms with Crippen molar-refractivity contribution >= 4 is 0 Å². The summed E-state index contributed by atoms with van der Waals surface area (Å²) in [6, 6.07) is 0. The lowest BCUT2D eigenvalue weighted by molar-refractivity contribution is 0.0450. The van der Waals surface area contributed by atoms with Gasteiger partial charge in [0.25, 0.3) is 0 Å². The fourth-order valence-corrected chi connectivity index (χ4v) is 0.0289. The van der Waals surface area contributed by atoms with Crippen LogP contribution in [0, 0.1) is 0 Å². The molecule has 3 nitrogen and oxygen atoms in total. The summed E-state index contributed by atoms with van der Waals surface area (Å²) < 4.78 is 25.6. The highest BCUT2D eigenvalue weighted by molar-refractivity contribution is 4.43. The van der Waals surface area contributed by atoms with Gasteiger partial charge in [0.1, 0.15) is 6.08 Å². The van der Waals surface area contributed by atoms with Gasteiger partial charge in [-0.2, -0.15) is 0 Å². The van der Waals surface area contributed by atoms with Gasteiger partial charge < -0.3 is 15.3 Å². The van der Waals surface area contributed by atoms with Crippen LogP contribution < -0.4 is 0 Å². The Morgan fingerprint density at radius 1 is 1.83 bits per heavy atom. The highest BCUT2D eigenvalue weighted by Crippen LogP contribution is 1.71. The summed E-state index contributed by atoms with van der Waals surface area (Å²) in [4.78, 5) is 0. The first-order valence-electron chi connectivity index (χ1n) is 3.32. The first-order chi connectivity index (χ1) is 4.19. The molecule has 0 saturated heterocycles. The van der Waals surface area contributed by atoms with Crippen molar-refractivity contribution in [2.45, 2.75) is 6.08 Å².